The number of hydrogen-bond donors (Lipinski definition) is 3. The van der Waals surface area contributed by atoms with Crippen molar-refractivity contribution in [3.05, 3.63) is 57.3 Å². The largest absolute Gasteiger partial charge is 0.392 e. The zero-order valence-electron chi connectivity index (χ0n) is 11.9. The van der Waals surface area contributed by atoms with Crippen molar-refractivity contribution in [3.63, 3.8) is 0 Å². The van der Waals surface area contributed by atoms with Crippen LogP contribution in [-0.2, 0) is 17.8 Å². The molecule has 0 aliphatic carbocycles. The first-order valence-corrected chi connectivity index (χ1v) is 6.56. The predicted molar refractivity (Wildman–Crippen MR) is 79.0 cm³/mol. The third-order valence-electron chi connectivity index (χ3n) is 3.25. The fourth-order valence-electron chi connectivity index (χ4n) is 2.15. The zero-order valence-corrected chi connectivity index (χ0v) is 11.9. The van der Waals surface area contributed by atoms with Crippen LogP contribution >= 0.6 is 0 Å². The van der Waals surface area contributed by atoms with Crippen LogP contribution in [-0.4, -0.2) is 21.0 Å². The van der Waals surface area contributed by atoms with Crippen molar-refractivity contribution in [2.75, 3.05) is 5.32 Å². The SMILES string of the molecule is Cc1nc(=O)[nH]c(C)c1CC(=O)Nc1ccccc1CO. The van der Waals surface area contributed by atoms with Gasteiger partial charge in [0.25, 0.3) is 0 Å². The van der Waals surface area contributed by atoms with E-state index in [1.165, 1.54) is 0 Å². The molecular formula is C15H17N3O3. The van der Waals surface area contributed by atoms with Crippen LogP contribution in [0.2, 0.25) is 0 Å². The minimum absolute atomic E-state index is 0.112. The molecule has 0 fully saturated rings. The molecule has 0 atom stereocenters. The lowest BCUT2D eigenvalue weighted by molar-refractivity contribution is -0.115. The number of rotatable bonds is 4. The molecule has 0 bridgehead atoms. The number of hydrogen-bond acceptors (Lipinski definition) is 4. The molecule has 0 unspecified atom stereocenters. The van der Waals surface area contributed by atoms with Gasteiger partial charge in [0.05, 0.1) is 13.0 Å². The summed E-state index contributed by atoms with van der Waals surface area (Å²) in [5.41, 5.74) is 2.70. The number of aryl methyl sites for hydroxylation is 2. The topological polar surface area (TPSA) is 95.1 Å². The average Bonchev–Trinajstić information content (AvgIpc) is 2.43. The van der Waals surface area contributed by atoms with Gasteiger partial charge in [-0.3, -0.25) is 4.79 Å². The Bertz CT molecular complexity index is 696. The average molecular weight is 287 g/mol. The van der Waals surface area contributed by atoms with Crippen molar-refractivity contribution in [1.29, 1.82) is 0 Å². The lowest BCUT2D eigenvalue weighted by Crippen LogP contribution is -2.21. The van der Waals surface area contributed by atoms with Gasteiger partial charge in [0, 0.05) is 28.2 Å². The van der Waals surface area contributed by atoms with Gasteiger partial charge >= 0.3 is 5.69 Å². The standard InChI is InChI=1S/C15H17N3O3/c1-9-12(10(2)17-15(21)16-9)7-14(20)18-13-6-4-3-5-11(13)8-19/h3-6,19H,7-8H2,1-2H3,(H,18,20)(H,16,17,21). The Morgan fingerprint density at radius 2 is 2.05 bits per heavy atom. The first kappa shape index (κ1) is 14.9. The summed E-state index contributed by atoms with van der Waals surface area (Å²) in [7, 11) is 0. The molecular weight excluding hydrogens is 270 g/mol. The van der Waals surface area contributed by atoms with Gasteiger partial charge in [-0.15, -0.1) is 0 Å². The van der Waals surface area contributed by atoms with Crippen molar-refractivity contribution in [2.24, 2.45) is 0 Å². The van der Waals surface area contributed by atoms with Gasteiger partial charge in [-0.2, -0.15) is 4.98 Å². The van der Waals surface area contributed by atoms with Gasteiger partial charge < -0.3 is 15.4 Å². The number of nitrogens with zero attached hydrogens (tertiary/aromatic N) is 1. The number of nitrogens with one attached hydrogen (secondary N) is 2. The van der Waals surface area contributed by atoms with E-state index in [1.807, 2.05) is 0 Å². The summed E-state index contributed by atoms with van der Waals surface area (Å²) in [6.45, 7) is 3.29. The molecule has 0 aliphatic heterocycles. The number of aromatic nitrogens is 2. The maximum Gasteiger partial charge on any atom is 0.345 e. The Hall–Kier alpha value is -2.47. The van der Waals surface area contributed by atoms with Gasteiger partial charge in [-0.05, 0) is 19.9 Å². The second-order valence-corrected chi connectivity index (χ2v) is 4.77. The number of aromatic amines is 1. The molecule has 21 heavy (non-hydrogen) atoms. The molecule has 2 rings (SSSR count). The molecule has 3 N–H and O–H groups in total. The summed E-state index contributed by atoms with van der Waals surface area (Å²) < 4.78 is 0. The van der Waals surface area contributed by atoms with E-state index < -0.39 is 5.69 Å². The molecule has 2 aromatic rings. The second kappa shape index (κ2) is 6.32. The van der Waals surface area contributed by atoms with Crippen LogP contribution in [0.5, 0.6) is 0 Å². The Morgan fingerprint density at radius 1 is 1.33 bits per heavy atom. The molecule has 0 spiro atoms. The monoisotopic (exact) mass is 287 g/mol. The van der Waals surface area contributed by atoms with Crippen molar-refractivity contribution in [2.45, 2.75) is 26.9 Å². The van der Waals surface area contributed by atoms with Crippen molar-refractivity contribution in [3.8, 4) is 0 Å². The van der Waals surface area contributed by atoms with E-state index in [2.05, 4.69) is 15.3 Å². The fraction of sp³-hybridized carbons (Fsp3) is 0.267. The summed E-state index contributed by atoms with van der Waals surface area (Å²) in [5, 5.41) is 12.0. The van der Waals surface area contributed by atoms with E-state index in [0.717, 1.165) is 0 Å². The molecule has 6 heteroatoms. The maximum absolute atomic E-state index is 12.1. The number of para-hydroxylation sites is 1. The van der Waals surface area contributed by atoms with Crippen LogP contribution in [0.4, 0.5) is 5.69 Å². The van der Waals surface area contributed by atoms with Crippen LogP contribution in [0.15, 0.2) is 29.1 Å². The van der Waals surface area contributed by atoms with E-state index in [9.17, 15) is 14.7 Å². The van der Waals surface area contributed by atoms with Gasteiger partial charge in [-0.1, -0.05) is 18.2 Å². The number of aliphatic hydroxyl groups excluding tert-OH is 1. The predicted octanol–water partition coefficient (Wildman–Crippen LogP) is 1.06. The Morgan fingerprint density at radius 3 is 2.71 bits per heavy atom. The number of aliphatic hydroxyl groups is 1. The van der Waals surface area contributed by atoms with Gasteiger partial charge in [0.1, 0.15) is 0 Å². The van der Waals surface area contributed by atoms with Crippen LogP contribution in [0, 0.1) is 13.8 Å². The molecule has 0 aliphatic rings. The summed E-state index contributed by atoms with van der Waals surface area (Å²) in [4.78, 5) is 29.7. The van der Waals surface area contributed by atoms with Gasteiger partial charge in [0.15, 0.2) is 0 Å². The molecule has 1 aromatic heterocycles. The number of anilines is 1. The fourth-order valence-corrected chi connectivity index (χ4v) is 2.15. The number of carbonyl (C=O) groups excluding carboxylic acids is 1. The number of carbonyl (C=O) groups is 1. The maximum atomic E-state index is 12.1. The Labute approximate surface area is 121 Å². The minimum Gasteiger partial charge on any atom is -0.392 e. The highest BCUT2D eigenvalue weighted by Gasteiger charge is 2.12. The highest BCUT2D eigenvalue weighted by molar-refractivity contribution is 5.93. The number of H-pyrrole nitrogens is 1. The van der Waals surface area contributed by atoms with Crippen LogP contribution in [0.3, 0.4) is 0 Å². The van der Waals surface area contributed by atoms with Crippen molar-refractivity contribution in [1.82, 2.24) is 9.97 Å². The van der Waals surface area contributed by atoms with E-state index in [1.54, 1.807) is 38.1 Å². The summed E-state index contributed by atoms with van der Waals surface area (Å²) in [6.07, 6.45) is 0.112. The molecule has 0 saturated carbocycles. The van der Waals surface area contributed by atoms with Gasteiger partial charge in [-0.25, -0.2) is 4.79 Å². The molecule has 1 amide bonds. The quantitative estimate of drug-likeness (QED) is 0.783. The van der Waals surface area contributed by atoms with E-state index in [4.69, 9.17) is 0 Å². The van der Waals surface area contributed by atoms with Crippen LogP contribution in [0.1, 0.15) is 22.5 Å². The minimum atomic E-state index is -0.417. The lowest BCUT2D eigenvalue weighted by atomic mass is 10.1. The molecule has 0 radical (unpaired) electrons. The summed E-state index contributed by atoms with van der Waals surface area (Å²) in [5.74, 6) is -0.226. The summed E-state index contributed by atoms with van der Waals surface area (Å²) >= 11 is 0. The smallest absolute Gasteiger partial charge is 0.345 e. The van der Waals surface area contributed by atoms with Crippen molar-refractivity contribution >= 4 is 11.6 Å². The molecule has 6 nitrogen and oxygen atoms in total. The molecule has 0 saturated heterocycles. The Balaban J connectivity index is 2.18. The number of benzene rings is 1. The lowest BCUT2D eigenvalue weighted by Gasteiger charge is -2.11. The zero-order chi connectivity index (χ0) is 15.4. The Kier molecular flexibility index (Phi) is 4.49. The van der Waals surface area contributed by atoms with Crippen LogP contribution in [0.25, 0.3) is 0 Å². The second-order valence-electron chi connectivity index (χ2n) is 4.77. The third-order valence-corrected chi connectivity index (χ3v) is 3.25. The highest BCUT2D eigenvalue weighted by atomic mass is 16.3. The summed E-state index contributed by atoms with van der Waals surface area (Å²) in [6, 6.07) is 7.05. The molecule has 1 heterocycles. The first-order valence-electron chi connectivity index (χ1n) is 6.56. The molecule has 1 aromatic carbocycles. The van der Waals surface area contributed by atoms with Crippen molar-refractivity contribution < 1.29 is 9.90 Å². The van der Waals surface area contributed by atoms with Crippen LogP contribution < -0.4 is 11.0 Å². The van der Waals surface area contributed by atoms with Gasteiger partial charge in [0.2, 0.25) is 5.91 Å². The molecule has 110 valence electrons. The first-order chi connectivity index (χ1) is 10.0. The highest BCUT2D eigenvalue weighted by Crippen LogP contribution is 2.16. The third kappa shape index (κ3) is 3.55. The number of amides is 1. The van der Waals surface area contributed by atoms with E-state index >= 15 is 0 Å². The normalized spacial score (nSPS) is 10.4. The van der Waals surface area contributed by atoms with E-state index in [-0.39, 0.29) is 18.9 Å². The van der Waals surface area contributed by atoms with E-state index in [0.29, 0.717) is 28.2 Å².